The highest BCUT2D eigenvalue weighted by Gasteiger charge is 2.39. The normalized spacial score (nSPS) is 25.7. The largest absolute Gasteiger partial charge is 0.389 e. The Kier molecular flexibility index (Phi) is 4.60. The van der Waals surface area contributed by atoms with Crippen LogP contribution in [0.2, 0.25) is 0 Å². The first kappa shape index (κ1) is 19.5. The molecule has 0 bridgehead atoms. The highest BCUT2D eigenvalue weighted by molar-refractivity contribution is 5.80. The first-order valence-corrected chi connectivity index (χ1v) is 10.0. The first-order valence-electron chi connectivity index (χ1n) is 10.0. The van der Waals surface area contributed by atoms with Crippen molar-refractivity contribution in [3.63, 3.8) is 0 Å². The molecule has 30 heavy (non-hydrogen) atoms. The standard InChI is InChI=1S/C24H20F4O2/c1-11(29)12-2-7-17(22(26)21(12)25)15-5-3-14-13(15)4-6-16(14)18-8-9-19(20-10-30-20)24(28)23(18)27/h2,5-9,11,13-14,20,29H,3-4,10H2,1H3. The third-order valence-electron chi connectivity index (χ3n) is 6.44. The molecule has 0 radical (unpaired) electrons. The van der Waals surface area contributed by atoms with E-state index in [1.165, 1.54) is 19.1 Å². The number of hydrogen-bond acceptors (Lipinski definition) is 2. The van der Waals surface area contributed by atoms with Crippen molar-refractivity contribution in [2.45, 2.75) is 32.0 Å². The van der Waals surface area contributed by atoms with E-state index in [2.05, 4.69) is 0 Å². The van der Waals surface area contributed by atoms with E-state index in [0.29, 0.717) is 30.6 Å². The lowest BCUT2D eigenvalue weighted by molar-refractivity contribution is 0.192. The van der Waals surface area contributed by atoms with E-state index in [0.717, 1.165) is 0 Å². The zero-order valence-electron chi connectivity index (χ0n) is 16.3. The van der Waals surface area contributed by atoms with Crippen molar-refractivity contribution in [3.8, 4) is 0 Å². The molecule has 1 saturated heterocycles. The summed E-state index contributed by atoms with van der Waals surface area (Å²) < 4.78 is 63.5. The molecule has 4 atom stereocenters. The third-order valence-corrected chi connectivity index (χ3v) is 6.44. The van der Waals surface area contributed by atoms with E-state index >= 15 is 0 Å². The van der Waals surface area contributed by atoms with E-state index in [1.54, 1.807) is 12.1 Å². The Hall–Kier alpha value is -2.44. The molecule has 3 aliphatic rings. The third kappa shape index (κ3) is 2.93. The summed E-state index contributed by atoms with van der Waals surface area (Å²) in [7, 11) is 0. The van der Waals surface area contributed by atoms with Crippen LogP contribution in [0.1, 0.15) is 54.2 Å². The molecule has 1 fully saturated rings. The van der Waals surface area contributed by atoms with Gasteiger partial charge in [0.1, 0.15) is 6.10 Å². The van der Waals surface area contributed by atoms with Gasteiger partial charge < -0.3 is 9.84 Å². The Morgan fingerprint density at radius 2 is 1.37 bits per heavy atom. The fourth-order valence-electron chi connectivity index (χ4n) is 4.82. The zero-order valence-corrected chi connectivity index (χ0v) is 16.3. The Morgan fingerprint density at radius 1 is 0.833 bits per heavy atom. The van der Waals surface area contributed by atoms with Crippen LogP contribution >= 0.6 is 0 Å². The van der Waals surface area contributed by atoms with Crippen LogP contribution in [0.4, 0.5) is 17.6 Å². The van der Waals surface area contributed by atoms with Gasteiger partial charge in [0.15, 0.2) is 23.3 Å². The molecule has 5 rings (SSSR count). The van der Waals surface area contributed by atoms with Gasteiger partial charge in [-0.15, -0.1) is 0 Å². The Balaban J connectivity index is 1.44. The van der Waals surface area contributed by atoms with Crippen molar-refractivity contribution in [3.05, 3.63) is 81.9 Å². The van der Waals surface area contributed by atoms with Crippen LogP contribution in [0.3, 0.4) is 0 Å². The molecule has 2 aromatic rings. The van der Waals surface area contributed by atoms with Crippen molar-refractivity contribution < 1.29 is 27.4 Å². The monoisotopic (exact) mass is 416 g/mol. The average Bonchev–Trinajstić information content (AvgIpc) is 3.34. The van der Waals surface area contributed by atoms with Crippen LogP contribution in [0, 0.1) is 35.1 Å². The van der Waals surface area contributed by atoms with Gasteiger partial charge in [0, 0.05) is 22.3 Å². The molecule has 6 heteroatoms. The SMILES string of the molecule is CC(O)c1ccc(C2=CCC3C(c4ccc(C5CO5)c(F)c4F)=CCC23)c(F)c1F. The summed E-state index contributed by atoms with van der Waals surface area (Å²) >= 11 is 0. The van der Waals surface area contributed by atoms with Crippen LogP contribution in [0.25, 0.3) is 11.1 Å². The highest BCUT2D eigenvalue weighted by Crippen LogP contribution is 2.52. The molecule has 0 saturated carbocycles. The van der Waals surface area contributed by atoms with Gasteiger partial charge in [0.25, 0.3) is 0 Å². The molecule has 2 nitrogen and oxygen atoms in total. The lowest BCUT2D eigenvalue weighted by atomic mass is 9.84. The second-order valence-electron chi connectivity index (χ2n) is 8.16. The molecule has 1 heterocycles. The summed E-state index contributed by atoms with van der Waals surface area (Å²) in [6.07, 6.45) is 3.31. The molecule has 0 amide bonds. The summed E-state index contributed by atoms with van der Waals surface area (Å²) in [5.41, 5.74) is 1.89. The van der Waals surface area contributed by atoms with E-state index in [9.17, 15) is 22.7 Å². The predicted molar refractivity (Wildman–Crippen MR) is 104 cm³/mol. The molecule has 0 aromatic heterocycles. The smallest absolute Gasteiger partial charge is 0.166 e. The molecule has 0 spiro atoms. The Bertz CT molecular complexity index is 1020. The van der Waals surface area contributed by atoms with E-state index < -0.39 is 29.4 Å². The summed E-state index contributed by atoms with van der Waals surface area (Å²) in [5, 5.41) is 9.60. The number of allylic oxidation sites excluding steroid dienone is 4. The van der Waals surface area contributed by atoms with Crippen LogP contribution in [0.15, 0.2) is 36.4 Å². The van der Waals surface area contributed by atoms with E-state index in [4.69, 9.17) is 4.74 Å². The van der Waals surface area contributed by atoms with Crippen LogP contribution < -0.4 is 0 Å². The lowest BCUT2D eigenvalue weighted by Gasteiger charge is -2.20. The maximum absolute atomic E-state index is 14.8. The fourth-order valence-corrected chi connectivity index (χ4v) is 4.82. The van der Waals surface area contributed by atoms with Gasteiger partial charge in [0.05, 0.1) is 12.7 Å². The first-order chi connectivity index (χ1) is 14.4. The van der Waals surface area contributed by atoms with Crippen molar-refractivity contribution in [2.75, 3.05) is 6.61 Å². The highest BCUT2D eigenvalue weighted by atomic mass is 19.2. The molecule has 2 aromatic carbocycles. The van der Waals surface area contributed by atoms with Gasteiger partial charge in [0.2, 0.25) is 0 Å². The number of benzene rings is 2. The van der Waals surface area contributed by atoms with Crippen molar-refractivity contribution in [2.24, 2.45) is 11.8 Å². The predicted octanol–water partition coefficient (Wildman–Crippen LogP) is 5.87. The van der Waals surface area contributed by atoms with E-state index in [1.807, 2.05) is 12.2 Å². The van der Waals surface area contributed by atoms with Gasteiger partial charge in [-0.05, 0) is 42.7 Å². The topological polar surface area (TPSA) is 32.8 Å². The minimum absolute atomic E-state index is 0.0890. The quantitative estimate of drug-likeness (QED) is 0.499. The summed E-state index contributed by atoms with van der Waals surface area (Å²) in [6, 6.07) is 6.02. The van der Waals surface area contributed by atoms with Crippen molar-refractivity contribution in [1.29, 1.82) is 0 Å². The minimum Gasteiger partial charge on any atom is -0.389 e. The fraction of sp³-hybridized carbons (Fsp3) is 0.333. The molecule has 156 valence electrons. The molecule has 4 unspecified atom stereocenters. The van der Waals surface area contributed by atoms with Crippen molar-refractivity contribution in [1.82, 2.24) is 0 Å². The second-order valence-corrected chi connectivity index (χ2v) is 8.16. The number of rotatable bonds is 4. The second kappa shape index (κ2) is 7.06. The summed E-state index contributed by atoms with van der Waals surface area (Å²) in [4.78, 5) is 0. The average molecular weight is 416 g/mol. The number of aliphatic hydroxyl groups excluding tert-OH is 1. The molecule has 1 aliphatic heterocycles. The zero-order chi connectivity index (χ0) is 21.2. The maximum Gasteiger partial charge on any atom is 0.166 e. The Morgan fingerprint density at radius 3 is 1.90 bits per heavy atom. The molecular formula is C24H20F4O2. The number of halogens is 4. The number of hydrogen-bond donors (Lipinski definition) is 1. The lowest BCUT2D eigenvalue weighted by Crippen LogP contribution is -2.10. The van der Waals surface area contributed by atoms with Crippen LogP contribution in [-0.2, 0) is 4.74 Å². The van der Waals surface area contributed by atoms with Gasteiger partial charge >= 0.3 is 0 Å². The maximum atomic E-state index is 14.8. The number of fused-ring (bicyclic) bond motifs is 1. The van der Waals surface area contributed by atoms with Gasteiger partial charge in [-0.25, -0.2) is 17.6 Å². The van der Waals surface area contributed by atoms with Gasteiger partial charge in [-0.1, -0.05) is 36.4 Å². The van der Waals surface area contributed by atoms with Crippen LogP contribution in [-0.4, -0.2) is 11.7 Å². The summed E-state index contributed by atoms with van der Waals surface area (Å²) in [6.45, 7) is 1.77. The van der Waals surface area contributed by atoms with Crippen LogP contribution in [0.5, 0.6) is 0 Å². The number of ether oxygens (including phenoxy) is 1. The molecule has 1 N–H and O–H groups in total. The molecular weight excluding hydrogens is 396 g/mol. The Labute approximate surface area is 171 Å². The summed E-state index contributed by atoms with van der Waals surface area (Å²) in [5.74, 6) is -4.05. The number of aliphatic hydroxyl groups is 1. The van der Waals surface area contributed by atoms with Gasteiger partial charge in [-0.3, -0.25) is 0 Å². The minimum atomic E-state index is -1.11. The molecule has 2 aliphatic carbocycles. The van der Waals surface area contributed by atoms with Gasteiger partial charge in [-0.2, -0.15) is 0 Å². The van der Waals surface area contributed by atoms with Crippen molar-refractivity contribution >= 4 is 11.1 Å². The number of epoxide rings is 1. The van der Waals surface area contributed by atoms with E-state index in [-0.39, 0.29) is 40.2 Å².